The monoisotopic (exact) mass is 151 g/mol. The Morgan fingerprint density at radius 3 is 2.64 bits per heavy atom. The van der Waals surface area contributed by atoms with Crippen molar-refractivity contribution >= 4 is 0 Å². The molecule has 2 nitrogen and oxygen atoms in total. The number of benzene rings is 1. The molecule has 0 spiro atoms. The second-order valence-electron chi connectivity index (χ2n) is 2.47. The van der Waals surface area contributed by atoms with Gasteiger partial charge in [0.25, 0.3) is 0 Å². The number of phenolic OH excluding ortho intramolecular Hbond substituents is 1. The Kier molecular flexibility index (Phi) is 2.49. The molecule has 0 aromatic heterocycles. The number of rotatable bonds is 2. The van der Waals surface area contributed by atoms with Crippen molar-refractivity contribution in [1.82, 2.24) is 0 Å². The molecule has 3 N–H and O–H groups in total. The fourth-order valence-electron chi connectivity index (χ4n) is 1.22. The van der Waals surface area contributed by atoms with Gasteiger partial charge in [0.2, 0.25) is 0 Å². The molecule has 11 heavy (non-hydrogen) atoms. The SMILES string of the molecule is CCc1c(O)cccc1CN. The minimum absolute atomic E-state index is 0.357. The van der Waals surface area contributed by atoms with Crippen LogP contribution in [0.1, 0.15) is 18.1 Å². The van der Waals surface area contributed by atoms with Crippen LogP contribution in [0.15, 0.2) is 18.2 Å². The van der Waals surface area contributed by atoms with Gasteiger partial charge >= 0.3 is 0 Å². The number of phenols is 1. The molecule has 0 saturated carbocycles. The highest BCUT2D eigenvalue weighted by Gasteiger charge is 2.02. The molecule has 60 valence electrons. The van der Waals surface area contributed by atoms with Gasteiger partial charge in [-0.3, -0.25) is 0 Å². The maximum atomic E-state index is 9.37. The van der Waals surface area contributed by atoms with Crippen molar-refractivity contribution in [3.8, 4) is 5.75 Å². The van der Waals surface area contributed by atoms with Gasteiger partial charge in [0, 0.05) is 6.54 Å². The lowest BCUT2D eigenvalue weighted by Gasteiger charge is -2.06. The highest BCUT2D eigenvalue weighted by Crippen LogP contribution is 2.20. The van der Waals surface area contributed by atoms with Gasteiger partial charge in [-0.25, -0.2) is 0 Å². The molecule has 1 rings (SSSR count). The van der Waals surface area contributed by atoms with Crippen LogP contribution in [0.4, 0.5) is 0 Å². The Balaban J connectivity index is 3.13. The van der Waals surface area contributed by atoms with E-state index in [1.165, 1.54) is 0 Å². The second-order valence-corrected chi connectivity index (χ2v) is 2.47. The zero-order valence-electron chi connectivity index (χ0n) is 6.67. The Morgan fingerprint density at radius 2 is 2.18 bits per heavy atom. The number of nitrogens with two attached hydrogens (primary N) is 1. The fourth-order valence-corrected chi connectivity index (χ4v) is 1.22. The van der Waals surface area contributed by atoms with Gasteiger partial charge in [0.05, 0.1) is 0 Å². The number of aromatic hydroxyl groups is 1. The van der Waals surface area contributed by atoms with E-state index in [-0.39, 0.29) is 0 Å². The molecule has 0 heterocycles. The van der Waals surface area contributed by atoms with Crippen molar-refractivity contribution in [3.05, 3.63) is 29.3 Å². The molecule has 1 aromatic carbocycles. The third-order valence-electron chi connectivity index (χ3n) is 1.82. The first-order valence-corrected chi connectivity index (χ1v) is 3.79. The summed E-state index contributed by atoms with van der Waals surface area (Å²) in [6.45, 7) is 2.51. The van der Waals surface area contributed by atoms with Gasteiger partial charge in [-0.15, -0.1) is 0 Å². The lowest BCUT2D eigenvalue weighted by Crippen LogP contribution is -2.00. The molecule has 0 unspecified atom stereocenters. The minimum atomic E-state index is 0.357. The molecule has 0 aliphatic heterocycles. The molecule has 0 amide bonds. The first-order chi connectivity index (χ1) is 5.29. The Bertz CT molecular complexity index is 245. The van der Waals surface area contributed by atoms with Crippen molar-refractivity contribution in [3.63, 3.8) is 0 Å². The zero-order chi connectivity index (χ0) is 8.27. The first-order valence-electron chi connectivity index (χ1n) is 3.79. The van der Waals surface area contributed by atoms with E-state index in [9.17, 15) is 5.11 Å². The summed E-state index contributed by atoms with van der Waals surface area (Å²) < 4.78 is 0. The molecule has 0 bridgehead atoms. The molecule has 0 saturated heterocycles. The van der Waals surface area contributed by atoms with Crippen molar-refractivity contribution in [2.45, 2.75) is 19.9 Å². The predicted molar refractivity (Wildman–Crippen MR) is 45.4 cm³/mol. The van der Waals surface area contributed by atoms with Crippen LogP contribution in [0.25, 0.3) is 0 Å². The summed E-state index contributed by atoms with van der Waals surface area (Å²) in [7, 11) is 0. The minimum Gasteiger partial charge on any atom is -0.508 e. The van der Waals surface area contributed by atoms with E-state index in [2.05, 4.69) is 0 Å². The predicted octanol–water partition coefficient (Wildman–Crippen LogP) is 1.41. The molecule has 0 aliphatic rings. The highest BCUT2D eigenvalue weighted by atomic mass is 16.3. The zero-order valence-corrected chi connectivity index (χ0v) is 6.67. The van der Waals surface area contributed by atoms with Crippen molar-refractivity contribution in [1.29, 1.82) is 0 Å². The van der Waals surface area contributed by atoms with E-state index in [4.69, 9.17) is 5.73 Å². The number of hydrogen-bond donors (Lipinski definition) is 2. The summed E-state index contributed by atoms with van der Waals surface area (Å²) in [5.41, 5.74) is 7.49. The van der Waals surface area contributed by atoms with Crippen molar-refractivity contribution in [2.75, 3.05) is 0 Å². The van der Waals surface area contributed by atoms with Gasteiger partial charge in [-0.2, -0.15) is 0 Å². The van der Waals surface area contributed by atoms with Crippen LogP contribution in [-0.2, 0) is 13.0 Å². The summed E-state index contributed by atoms with van der Waals surface area (Å²) in [6, 6.07) is 5.45. The van der Waals surface area contributed by atoms with Crippen LogP contribution in [0, 0.1) is 0 Å². The average Bonchev–Trinajstić information content (AvgIpc) is 2.04. The molecule has 0 radical (unpaired) electrons. The summed E-state index contributed by atoms with van der Waals surface area (Å²) in [4.78, 5) is 0. The maximum absolute atomic E-state index is 9.37. The smallest absolute Gasteiger partial charge is 0.119 e. The third-order valence-corrected chi connectivity index (χ3v) is 1.82. The van der Waals surface area contributed by atoms with Crippen LogP contribution < -0.4 is 5.73 Å². The molecule has 2 heteroatoms. The van der Waals surface area contributed by atoms with Crippen LogP contribution >= 0.6 is 0 Å². The largest absolute Gasteiger partial charge is 0.508 e. The quantitative estimate of drug-likeness (QED) is 0.671. The van der Waals surface area contributed by atoms with Gasteiger partial charge < -0.3 is 10.8 Å². The molecule has 0 aliphatic carbocycles. The molecule has 0 atom stereocenters. The lowest BCUT2D eigenvalue weighted by molar-refractivity contribution is 0.467. The van der Waals surface area contributed by atoms with Crippen molar-refractivity contribution < 1.29 is 5.11 Å². The van der Waals surface area contributed by atoms with Gasteiger partial charge in [0.15, 0.2) is 0 Å². The molecule has 1 aromatic rings. The number of hydrogen-bond acceptors (Lipinski definition) is 2. The second kappa shape index (κ2) is 3.39. The van der Waals surface area contributed by atoms with Gasteiger partial charge in [-0.05, 0) is 23.6 Å². The summed E-state index contributed by atoms with van der Waals surface area (Å²) >= 11 is 0. The Labute approximate surface area is 66.7 Å². The summed E-state index contributed by atoms with van der Waals surface area (Å²) in [5.74, 6) is 0.357. The summed E-state index contributed by atoms with van der Waals surface area (Å²) in [6.07, 6.45) is 0.833. The molecular weight excluding hydrogens is 138 g/mol. The summed E-state index contributed by atoms with van der Waals surface area (Å²) in [5, 5.41) is 9.37. The van der Waals surface area contributed by atoms with Crippen LogP contribution in [0.2, 0.25) is 0 Å². The average molecular weight is 151 g/mol. The van der Waals surface area contributed by atoms with Crippen LogP contribution in [0.3, 0.4) is 0 Å². The molecular formula is C9H13NO. The molecule has 0 fully saturated rings. The van der Waals surface area contributed by atoms with E-state index in [0.717, 1.165) is 17.5 Å². The lowest BCUT2D eigenvalue weighted by atomic mass is 10.0. The Morgan fingerprint density at radius 1 is 1.45 bits per heavy atom. The van der Waals surface area contributed by atoms with E-state index in [1.807, 2.05) is 19.1 Å². The van der Waals surface area contributed by atoms with E-state index >= 15 is 0 Å². The third kappa shape index (κ3) is 1.52. The van der Waals surface area contributed by atoms with Crippen molar-refractivity contribution in [2.24, 2.45) is 5.73 Å². The first kappa shape index (κ1) is 8.08. The van der Waals surface area contributed by atoms with Crippen LogP contribution in [0.5, 0.6) is 5.75 Å². The highest BCUT2D eigenvalue weighted by molar-refractivity contribution is 5.38. The topological polar surface area (TPSA) is 46.2 Å². The van der Waals surface area contributed by atoms with E-state index < -0.39 is 0 Å². The van der Waals surface area contributed by atoms with Crippen LogP contribution in [-0.4, -0.2) is 5.11 Å². The van der Waals surface area contributed by atoms with E-state index in [1.54, 1.807) is 6.07 Å². The standard InChI is InChI=1S/C9H13NO/c1-2-8-7(6-10)4-3-5-9(8)11/h3-5,11H,2,6,10H2,1H3. The maximum Gasteiger partial charge on any atom is 0.119 e. The van der Waals surface area contributed by atoms with Gasteiger partial charge in [0.1, 0.15) is 5.75 Å². The van der Waals surface area contributed by atoms with E-state index in [0.29, 0.717) is 12.3 Å². The normalized spacial score (nSPS) is 10.0. The fraction of sp³-hybridized carbons (Fsp3) is 0.333. The van der Waals surface area contributed by atoms with Gasteiger partial charge in [-0.1, -0.05) is 19.1 Å². The Hall–Kier alpha value is -1.02.